The van der Waals surface area contributed by atoms with Crippen molar-refractivity contribution in [3.8, 4) is 0 Å². The number of rotatable bonds is 2. The van der Waals surface area contributed by atoms with Crippen LogP contribution in [0.1, 0.15) is 13.8 Å². The van der Waals surface area contributed by atoms with Gasteiger partial charge in [-0.2, -0.15) is 0 Å². The zero-order valence-electron chi connectivity index (χ0n) is 5.64. The van der Waals surface area contributed by atoms with Crippen LogP contribution in [0.2, 0.25) is 0 Å². The zero-order valence-corrected chi connectivity index (χ0v) is 5.64. The minimum atomic E-state index is -0.656. The van der Waals surface area contributed by atoms with E-state index in [4.69, 9.17) is 5.73 Å². The van der Waals surface area contributed by atoms with Crippen molar-refractivity contribution in [3.05, 3.63) is 23.8 Å². The molecule has 1 amide bonds. The van der Waals surface area contributed by atoms with E-state index in [-0.39, 0.29) is 0 Å². The molecule has 0 atom stereocenters. The Balaban J connectivity index is 3.86. The Hall–Kier alpha value is -1.05. The Morgan fingerprint density at radius 1 is 1.44 bits per heavy atom. The molecule has 0 rings (SSSR count). The van der Waals surface area contributed by atoms with Crippen molar-refractivity contribution in [3.63, 3.8) is 0 Å². The van der Waals surface area contributed by atoms with Crippen LogP contribution in [0.15, 0.2) is 23.8 Å². The van der Waals surface area contributed by atoms with Crippen LogP contribution in [-0.4, -0.2) is 5.91 Å². The Morgan fingerprint density at radius 3 is 2.33 bits per heavy atom. The summed E-state index contributed by atoms with van der Waals surface area (Å²) in [5, 5.41) is 0. The minimum absolute atomic E-state index is 0.656. The van der Waals surface area contributed by atoms with Gasteiger partial charge in [-0.1, -0.05) is 17.7 Å². The van der Waals surface area contributed by atoms with E-state index in [0.29, 0.717) is 0 Å². The lowest BCUT2D eigenvalue weighted by Gasteiger charge is -1.83. The van der Waals surface area contributed by atoms with E-state index in [0.717, 1.165) is 5.57 Å². The SMILES string of the molecule is CC=C(C)C=CC([NH])=O. The molecule has 1 radical (unpaired) electrons. The molecule has 0 saturated heterocycles. The summed E-state index contributed by atoms with van der Waals surface area (Å²) in [5.41, 5.74) is 7.49. The Bertz CT molecular complexity index is 156. The van der Waals surface area contributed by atoms with Crippen LogP contribution in [0.5, 0.6) is 0 Å². The van der Waals surface area contributed by atoms with Crippen LogP contribution in [0.3, 0.4) is 0 Å². The van der Waals surface area contributed by atoms with Gasteiger partial charge in [0.05, 0.1) is 0 Å². The molecule has 0 aliphatic rings. The number of hydrogen-bond donors (Lipinski definition) is 0. The van der Waals surface area contributed by atoms with Gasteiger partial charge in [-0.3, -0.25) is 10.5 Å². The zero-order chi connectivity index (χ0) is 7.28. The van der Waals surface area contributed by atoms with Crippen molar-refractivity contribution in [1.29, 1.82) is 0 Å². The van der Waals surface area contributed by atoms with E-state index in [1.807, 2.05) is 19.9 Å². The second-order valence-corrected chi connectivity index (χ2v) is 1.73. The molecule has 0 saturated carbocycles. The van der Waals surface area contributed by atoms with Crippen molar-refractivity contribution < 1.29 is 4.79 Å². The molecule has 0 aromatic rings. The van der Waals surface area contributed by atoms with Gasteiger partial charge in [-0.15, -0.1) is 0 Å². The lowest BCUT2D eigenvalue weighted by Crippen LogP contribution is -1.89. The molecule has 0 unspecified atom stereocenters. The van der Waals surface area contributed by atoms with Gasteiger partial charge in [0.1, 0.15) is 0 Å². The summed E-state index contributed by atoms with van der Waals surface area (Å²) in [7, 11) is 0. The Kier molecular flexibility index (Phi) is 3.44. The van der Waals surface area contributed by atoms with Crippen molar-refractivity contribution in [2.45, 2.75) is 13.8 Å². The third-order valence-corrected chi connectivity index (χ3v) is 0.953. The van der Waals surface area contributed by atoms with E-state index in [2.05, 4.69) is 0 Å². The third kappa shape index (κ3) is 4.81. The average Bonchev–Trinajstić information content (AvgIpc) is 1.83. The van der Waals surface area contributed by atoms with E-state index in [1.54, 1.807) is 6.08 Å². The summed E-state index contributed by atoms with van der Waals surface area (Å²) in [6, 6.07) is 0. The number of allylic oxidation sites excluding steroid dienone is 3. The van der Waals surface area contributed by atoms with Crippen molar-refractivity contribution in [1.82, 2.24) is 5.73 Å². The van der Waals surface area contributed by atoms with Crippen LogP contribution in [0.25, 0.3) is 0 Å². The van der Waals surface area contributed by atoms with Crippen LogP contribution in [0.4, 0.5) is 0 Å². The van der Waals surface area contributed by atoms with E-state index in [1.165, 1.54) is 6.08 Å². The van der Waals surface area contributed by atoms with Crippen molar-refractivity contribution >= 4 is 5.91 Å². The molecular weight excluding hydrogens is 114 g/mol. The molecule has 2 heteroatoms. The quantitative estimate of drug-likeness (QED) is 0.404. The predicted octanol–water partition coefficient (Wildman–Crippen LogP) is 1.32. The summed E-state index contributed by atoms with van der Waals surface area (Å²) >= 11 is 0. The van der Waals surface area contributed by atoms with Crippen LogP contribution >= 0.6 is 0 Å². The first-order valence-electron chi connectivity index (χ1n) is 2.73. The first kappa shape index (κ1) is 7.95. The second kappa shape index (κ2) is 3.89. The first-order chi connectivity index (χ1) is 4.16. The maximum absolute atomic E-state index is 10.0. The average molecular weight is 124 g/mol. The summed E-state index contributed by atoms with van der Waals surface area (Å²) < 4.78 is 0. The standard InChI is InChI=1S/C7H10NO/c1-3-6(2)4-5-7(8)9/h3-5,8H,1-2H3. The molecule has 0 fully saturated rings. The molecule has 0 aliphatic heterocycles. The molecule has 0 aromatic heterocycles. The van der Waals surface area contributed by atoms with Gasteiger partial charge in [0.25, 0.3) is 5.91 Å². The summed E-state index contributed by atoms with van der Waals surface area (Å²) in [6.07, 6.45) is 4.73. The van der Waals surface area contributed by atoms with Crippen molar-refractivity contribution in [2.75, 3.05) is 0 Å². The number of carbonyl (C=O) groups excluding carboxylic acids is 1. The molecule has 0 heterocycles. The fourth-order valence-corrected chi connectivity index (χ4v) is 0.303. The predicted molar refractivity (Wildman–Crippen MR) is 36.7 cm³/mol. The fraction of sp³-hybridized carbons (Fsp3) is 0.286. The van der Waals surface area contributed by atoms with Gasteiger partial charge in [0.15, 0.2) is 0 Å². The molecular formula is C7H10NO. The highest BCUT2D eigenvalue weighted by Crippen LogP contribution is 1.91. The molecule has 1 N–H and O–H groups in total. The normalized spacial score (nSPS) is 12.4. The van der Waals surface area contributed by atoms with Gasteiger partial charge >= 0.3 is 0 Å². The minimum Gasteiger partial charge on any atom is -0.268 e. The lowest BCUT2D eigenvalue weighted by molar-refractivity contribution is -0.114. The highest BCUT2D eigenvalue weighted by atomic mass is 16.1. The number of nitrogens with one attached hydrogen (secondary N) is 1. The Labute approximate surface area is 55.1 Å². The first-order valence-corrected chi connectivity index (χ1v) is 2.73. The topological polar surface area (TPSA) is 40.9 Å². The van der Waals surface area contributed by atoms with Gasteiger partial charge < -0.3 is 0 Å². The summed E-state index contributed by atoms with van der Waals surface area (Å²) in [6.45, 7) is 3.76. The highest BCUT2D eigenvalue weighted by Gasteiger charge is 1.82. The van der Waals surface area contributed by atoms with Gasteiger partial charge in [0.2, 0.25) is 0 Å². The van der Waals surface area contributed by atoms with Crippen LogP contribution < -0.4 is 5.73 Å². The molecule has 9 heavy (non-hydrogen) atoms. The lowest BCUT2D eigenvalue weighted by atomic mass is 10.2. The van der Waals surface area contributed by atoms with Crippen LogP contribution in [0, 0.1) is 0 Å². The van der Waals surface area contributed by atoms with Crippen molar-refractivity contribution in [2.24, 2.45) is 0 Å². The molecule has 0 aromatic carbocycles. The number of carbonyl (C=O) groups is 1. The van der Waals surface area contributed by atoms with E-state index in [9.17, 15) is 4.79 Å². The van der Waals surface area contributed by atoms with Crippen LogP contribution in [-0.2, 0) is 4.79 Å². The second-order valence-electron chi connectivity index (χ2n) is 1.73. The maximum Gasteiger partial charge on any atom is 0.262 e. The third-order valence-electron chi connectivity index (χ3n) is 0.953. The van der Waals surface area contributed by atoms with Gasteiger partial charge in [-0.05, 0) is 13.8 Å². The van der Waals surface area contributed by atoms with Gasteiger partial charge in [0, 0.05) is 6.08 Å². The van der Waals surface area contributed by atoms with Gasteiger partial charge in [-0.25, -0.2) is 0 Å². The molecule has 2 nitrogen and oxygen atoms in total. The molecule has 0 bridgehead atoms. The Morgan fingerprint density at radius 2 is 2.00 bits per heavy atom. The summed E-state index contributed by atoms with van der Waals surface area (Å²) in [4.78, 5) is 10.0. The number of hydrogen-bond acceptors (Lipinski definition) is 1. The highest BCUT2D eigenvalue weighted by molar-refractivity contribution is 5.85. The number of amides is 1. The largest absolute Gasteiger partial charge is 0.268 e. The fourth-order valence-electron chi connectivity index (χ4n) is 0.303. The smallest absolute Gasteiger partial charge is 0.262 e. The molecule has 0 aliphatic carbocycles. The van der Waals surface area contributed by atoms with E-state index < -0.39 is 5.91 Å². The molecule has 0 spiro atoms. The van der Waals surface area contributed by atoms with E-state index >= 15 is 0 Å². The molecule has 49 valence electrons. The summed E-state index contributed by atoms with van der Waals surface area (Å²) in [5.74, 6) is -0.656. The monoisotopic (exact) mass is 124 g/mol. The maximum atomic E-state index is 10.0.